The van der Waals surface area contributed by atoms with Crippen LogP contribution in [0.1, 0.15) is 109 Å². The lowest BCUT2D eigenvalue weighted by Gasteiger charge is -2.35. The number of ketones is 1. The van der Waals surface area contributed by atoms with Crippen molar-refractivity contribution in [3.05, 3.63) is 0 Å². The van der Waals surface area contributed by atoms with Crippen LogP contribution in [0.2, 0.25) is 0 Å². The lowest BCUT2D eigenvalue weighted by atomic mass is 9.98. The number of carbonyl (C=O) groups excluding carboxylic acids is 7. The predicted molar refractivity (Wildman–Crippen MR) is 207 cm³/mol. The fraction of sp³-hybridized carbons (Fsp3) is 0.825. The zero-order chi connectivity index (χ0) is 41.4. The minimum atomic E-state index is -1.01. The monoisotopic (exact) mass is 749 g/mol. The molecule has 0 aromatic carbocycles. The fourth-order valence-corrected chi connectivity index (χ4v) is 7.17. The highest BCUT2D eigenvalue weighted by atomic mass is 16.2. The molecular weight excluding hydrogens is 676 g/mol. The van der Waals surface area contributed by atoms with Crippen molar-refractivity contribution in [2.75, 3.05) is 28.2 Å². The van der Waals surface area contributed by atoms with Gasteiger partial charge in [0.1, 0.15) is 30.2 Å². The molecule has 0 bridgehead atoms. The molecule has 1 aliphatic rings. The topological polar surface area (TPSA) is 157 Å². The SMILES string of the molecule is CC(=O)C(CC(C)C)N(C)C(=O)C(C)N(C)C(=O)C(CC(C)C)NC(=O)C(CC(C)C)NC(=O)C(C)N(C)C(=O)C(C)N(C)C(=O)C(C)C1C(C)C1C. The second kappa shape index (κ2) is 20.2. The van der Waals surface area contributed by atoms with Crippen molar-refractivity contribution in [3.63, 3.8) is 0 Å². The zero-order valence-electron chi connectivity index (χ0n) is 35.8. The van der Waals surface area contributed by atoms with Crippen LogP contribution in [0, 0.1) is 41.4 Å². The van der Waals surface area contributed by atoms with E-state index in [0.29, 0.717) is 18.3 Å². The van der Waals surface area contributed by atoms with Crippen molar-refractivity contribution in [2.24, 2.45) is 41.4 Å². The quantitative estimate of drug-likeness (QED) is 0.193. The molecule has 13 nitrogen and oxygen atoms in total. The van der Waals surface area contributed by atoms with Gasteiger partial charge in [-0.1, -0.05) is 62.3 Å². The van der Waals surface area contributed by atoms with E-state index in [0.717, 1.165) is 0 Å². The first-order valence-electron chi connectivity index (χ1n) is 19.5. The van der Waals surface area contributed by atoms with Crippen LogP contribution in [0.3, 0.4) is 0 Å². The summed E-state index contributed by atoms with van der Waals surface area (Å²) in [6.45, 7) is 24.0. The van der Waals surface area contributed by atoms with Crippen LogP contribution in [0.5, 0.6) is 0 Å². The number of likely N-dealkylation sites (N-methyl/N-ethyl adjacent to an activating group) is 4. The summed E-state index contributed by atoms with van der Waals surface area (Å²) in [5.74, 6) is -1.47. The lowest BCUT2D eigenvalue weighted by molar-refractivity contribution is -0.148. The Hall–Kier alpha value is -3.51. The molecule has 1 saturated carbocycles. The maximum absolute atomic E-state index is 13.9. The molecule has 304 valence electrons. The summed E-state index contributed by atoms with van der Waals surface area (Å²) in [7, 11) is 6.18. The van der Waals surface area contributed by atoms with Crippen LogP contribution in [0.4, 0.5) is 0 Å². The van der Waals surface area contributed by atoms with Gasteiger partial charge in [0.25, 0.3) is 0 Å². The molecule has 0 saturated heterocycles. The molecule has 0 spiro atoms. The first-order chi connectivity index (χ1) is 24.3. The van der Waals surface area contributed by atoms with Crippen molar-refractivity contribution in [1.29, 1.82) is 0 Å². The smallest absolute Gasteiger partial charge is 0.245 e. The lowest BCUT2D eigenvalue weighted by Crippen LogP contribution is -2.59. The normalized spacial score (nSPS) is 20.7. The number of Topliss-reactive ketones (excluding diaryl/α,β-unsaturated/α-hetero) is 1. The van der Waals surface area contributed by atoms with Gasteiger partial charge in [-0.25, -0.2) is 0 Å². The molecular formula is C40H72N6O7. The third kappa shape index (κ3) is 12.8. The average molecular weight is 749 g/mol. The van der Waals surface area contributed by atoms with E-state index in [-0.39, 0.29) is 60.0 Å². The van der Waals surface area contributed by atoms with E-state index in [2.05, 4.69) is 24.5 Å². The van der Waals surface area contributed by atoms with Gasteiger partial charge in [0, 0.05) is 34.1 Å². The van der Waals surface area contributed by atoms with Gasteiger partial charge < -0.3 is 30.2 Å². The van der Waals surface area contributed by atoms with Crippen LogP contribution in [-0.2, 0) is 33.6 Å². The van der Waals surface area contributed by atoms with Gasteiger partial charge in [-0.3, -0.25) is 33.6 Å². The maximum Gasteiger partial charge on any atom is 0.245 e. The van der Waals surface area contributed by atoms with Crippen LogP contribution in [0.15, 0.2) is 0 Å². The molecule has 0 aliphatic heterocycles. The number of rotatable bonds is 20. The first-order valence-corrected chi connectivity index (χ1v) is 19.5. The molecule has 53 heavy (non-hydrogen) atoms. The zero-order valence-corrected chi connectivity index (χ0v) is 35.8. The largest absolute Gasteiger partial charge is 0.343 e. The first kappa shape index (κ1) is 47.5. The Labute approximate surface area is 319 Å². The number of nitrogens with zero attached hydrogens (tertiary/aromatic N) is 4. The van der Waals surface area contributed by atoms with Crippen LogP contribution >= 0.6 is 0 Å². The molecule has 1 fully saturated rings. The van der Waals surface area contributed by atoms with E-state index in [1.807, 2.05) is 48.5 Å². The highest BCUT2D eigenvalue weighted by Gasteiger charge is 2.49. The van der Waals surface area contributed by atoms with E-state index >= 15 is 0 Å². The predicted octanol–water partition coefficient (Wildman–Crippen LogP) is 3.59. The second-order valence-electron chi connectivity index (χ2n) is 17.0. The van der Waals surface area contributed by atoms with Crippen LogP contribution < -0.4 is 10.6 Å². The van der Waals surface area contributed by atoms with Crippen molar-refractivity contribution >= 4 is 41.2 Å². The van der Waals surface area contributed by atoms with Crippen molar-refractivity contribution in [2.45, 2.75) is 146 Å². The molecule has 0 radical (unpaired) electrons. The number of hydrogen-bond acceptors (Lipinski definition) is 7. The standard InChI is InChI=1S/C40H72N6O7/c1-21(2)18-31(41-35(48)27(10)43(14)38(51)28(11)44(15)37(50)26(9)34-24(7)25(34)8)36(49)42-32(19-22(3)4)40(53)45(16)29(12)39(52)46(17)33(30(13)47)20-23(5)6/h21-29,31-34H,18-20H2,1-17H3,(H,41,48)(H,42,49). The van der Waals surface area contributed by atoms with Crippen molar-refractivity contribution in [3.8, 4) is 0 Å². The molecule has 9 unspecified atom stereocenters. The maximum atomic E-state index is 13.9. The van der Waals surface area contributed by atoms with E-state index in [1.54, 1.807) is 34.9 Å². The number of carbonyl (C=O) groups is 7. The molecule has 0 heterocycles. The fourth-order valence-electron chi connectivity index (χ4n) is 7.17. The van der Waals surface area contributed by atoms with E-state index in [9.17, 15) is 33.6 Å². The Balaban J connectivity index is 3.13. The Morgan fingerprint density at radius 2 is 0.868 bits per heavy atom. The van der Waals surface area contributed by atoms with Crippen molar-refractivity contribution < 1.29 is 33.6 Å². The van der Waals surface area contributed by atoms with E-state index in [4.69, 9.17) is 0 Å². The number of hydrogen-bond donors (Lipinski definition) is 2. The third-order valence-corrected chi connectivity index (χ3v) is 11.4. The summed E-state index contributed by atoms with van der Waals surface area (Å²) in [5.41, 5.74) is 0. The molecule has 0 aromatic heterocycles. The summed E-state index contributed by atoms with van der Waals surface area (Å²) >= 11 is 0. The highest BCUT2D eigenvalue weighted by molar-refractivity contribution is 5.96. The minimum absolute atomic E-state index is 0.00311. The second-order valence-corrected chi connectivity index (χ2v) is 17.0. The number of amides is 6. The summed E-state index contributed by atoms with van der Waals surface area (Å²) in [6.07, 6.45) is 1.05. The molecule has 0 aromatic rings. The summed E-state index contributed by atoms with van der Waals surface area (Å²) in [6, 6.07) is -5.29. The Morgan fingerprint density at radius 3 is 1.28 bits per heavy atom. The van der Waals surface area contributed by atoms with E-state index in [1.165, 1.54) is 40.6 Å². The Kier molecular flexibility index (Phi) is 18.2. The van der Waals surface area contributed by atoms with Gasteiger partial charge >= 0.3 is 0 Å². The van der Waals surface area contributed by atoms with Gasteiger partial charge in [0.05, 0.1) is 6.04 Å². The van der Waals surface area contributed by atoms with Gasteiger partial charge in [0.2, 0.25) is 35.4 Å². The van der Waals surface area contributed by atoms with Crippen molar-refractivity contribution in [1.82, 2.24) is 30.2 Å². The highest BCUT2D eigenvalue weighted by Crippen LogP contribution is 2.50. The summed E-state index contributed by atoms with van der Waals surface area (Å²) in [5, 5.41) is 5.65. The van der Waals surface area contributed by atoms with Gasteiger partial charge in [-0.15, -0.1) is 0 Å². The molecule has 1 aliphatic carbocycles. The average Bonchev–Trinajstić information content (AvgIpc) is 3.69. The summed E-state index contributed by atoms with van der Waals surface area (Å²) < 4.78 is 0. The van der Waals surface area contributed by atoms with Crippen LogP contribution in [-0.4, -0.2) is 125 Å². The molecule has 2 N–H and O–H groups in total. The number of nitrogens with one attached hydrogen (secondary N) is 2. The van der Waals surface area contributed by atoms with Gasteiger partial charge in [-0.05, 0) is 82.5 Å². The van der Waals surface area contributed by atoms with Crippen LogP contribution in [0.25, 0.3) is 0 Å². The Bertz CT molecular complexity index is 1310. The van der Waals surface area contributed by atoms with E-state index < -0.39 is 59.9 Å². The van der Waals surface area contributed by atoms with Gasteiger partial charge in [0.15, 0.2) is 5.78 Å². The molecule has 6 amide bonds. The minimum Gasteiger partial charge on any atom is -0.343 e. The molecule has 1 rings (SSSR count). The molecule has 13 heteroatoms. The molecule has 9 atom stereocenters. The Morgan fingerprint density at radius 1 is 0.491 bits per heavy atom. The third-order valence-electron chi connectivity index (χ3n) is 11.4. The van der Waals surface area contributed by atoms with Gasteiger partial charge in [-0.2, -0.15) is 0 Å². The summed E-state index contributed by atoms with van der Waals surface area (Å²) in [4.78, 5) is 99.4.